The van der Waals surface area contributed by atoms with Crippen molar-refractivity contribution in [3.63, 3.8) is 0 Å². The molecule has 0 fully saturated rings. The summed E-state index contributed by atoms with van der Waals surface area (Å²) in [5.74, 6) is -0.613. The van der Waals surface area contributed by atoms with Crippen LogP contribution in [0.15, 0.2) is 17.0 Å². The minimum Gasteiger partial charge on any atom is -0.508 e. The van der Waals surface area contributed by atoms with E-state index in [1.54, 1.807) is 17.8 Å². The molecule has 1 aromatic carbocycles. The average Bonchev–Trinajstić information content (AvgIpc) is 2.19. The van der Waals surface area contributed by atoms with Gasteiger partial charge in [0.1, 0.15) is 5.75 Å². The second-order valence-corrected chi connectivity index (χ2v) is 5.64. The van der Waals surface area contributed by atoms with Crippen LogP contribution in [0.3, 0.4) is 0 Å². The van der Waals surface area contributed by atoms with E-state index in [-0.39, 0.29) is 12.2 Å². The maximum Gasteiger partial charge on any atom is 0.304 e. The molecule has 0 radical (unpaired) electrons. The molecular formula is C13H18O3S. The fraction of sp³-hybridized carbons (Fsp3) is 0.462. The summed E-state index contributed by atoms with van der Waals surface area (Å²) >= 11 is 1.57. The van der Waals surface area contributed by atoms with Crippen molar-refractivity contribution in [3.05, 3.63) is 23.3 Å². The molecule has 0 aliphatic rings. The summed E-state index contributed by atoms with van der Waals surface area (Å²) in [6.45, 7) is 5.60. The third-order valence-corrected chi connectivity index (χ3v) is 3.62. The Hall–Kier alpha value is -1.16. The Balaban J connectivity index is 3.28. The highest BCUT2D eigenvalue weighted by Crippen LogP contribution is 2.37. The molecule has 0 bridgehead atoms. The molecule has 0 amide bonds. The van der Waals surface area contributed by atoms with Gasteiger partial charge in [-0.3, -0.25) is 4.79 Å². The largest absolute Gasteiger partial charge is 0.508 e. The van der Waals surface area contributed by atoms with Crippen LogP contribution in [-0.4, -0.2) is 22.4 Å². The molecule has 0 saturated heterocycles. The minimum atomic E-state index is -0.831. The van der Waals surface area contributed by atoms with Crippen molar-refractivity contribution in [2.45, 2.75) is 37.5 Å². The van der Waals surface area contributed by atoms with Crippen LogP contribution >= 0.6 is 11.8 Å². The van der Waals surface area contributed by atoms with Gasteiger partial charge in [0.25, 0.3) is 0 Å². The number of aromatic hydroxyl groups is 1. The van der Waals surface area contributed by atoms with Gasteiger partial charge in [0, 0.05) is 10.3 Å². The lowest BCUT2D eigenvalue weighted by Crippen LogP contribution is -2.22. The summed E-state index contributed by atoms with van der Waals surface area (Å²) in [5.41, 5.74) is 1.20. The number of thioether (sulfide) groups is 1. The van der Waals surface area contributed by atoms with Crippen LogP contribution in [0.2, 0.25) is 0 Å². The first-order valence-electron chi connectivity index (χ1n) is 5.38. The number of aliphatic carboxylic acids is 1. The Bertz CT molecular complexity index is 439. The number of aryl methyl sites for hydroxylation is 1. The smallest absolute Gasteiger partial charge is 0.304 e. The summed E-state index contributed by atoms with van der Waals surface area (Å²) in [6.07, 6.45) is 2.00. The molecular weight excluding hydrogens is 236 g/mol. The zero-order valence-electron chi connectivity index (χ0n) is 10.6. The van der Waals surface area contributed by atoms with Gasteiger partial charge in [-0.2, -0.15) is 0 Å². The molecule has 2 N–H and O–H groups in total. The predicted octanol–water partition coefficient (Wildman–Crippen LogP) is 3.17. The Morgan fingerprint density at radius 1 is 1.41 bits per heavy atom. The van der Waals surface area contributed by atoms with E-state index in [2.05, 4.69) is 0 Å². The van der Waals surface area contributed by atoms with E-state index >= 15 is 0 Å². The van der Waals surface area contributed by atoms with Crippen LogP contribution in [0.1, 0.15) is 31.4 Å². The van der Waals surface area contributed by atoms with Crippen LogP contribution < -0.4 is 0 Å². The maximum atomic E-state index is 10.9. The van der Waals surface area contributed by atoms with E-state index in [0.29, 0.717) is 0 Å². The molecule has 0 unspecified atom stereocenters. The lowest BCUT2D eigenvalue weighted by atomic mass is 9.81. The maximum absolute atomic E-state index is 10.9. The van der Waals surface area contributed by atoms with Gasteiger partial charge in [-0.1, -0.05) is 13.8 Å². The van der Waals surface area contributed by atoms with Gasteiger partial charge >= 0.3 is 5.97 Å². The highest BCUT2D eigenvalue weighted by Gasteiger charge is 2.27. The quantitative estimate of drug-likeness (QED) is 0.810. The number of rotatable bonds is 4. The van der Waals surface area contributed by atoms with Gasteiger partial charge in [-0.15, -0.1) is 11.8 Å². The second kappa shape index (κ2) is 5.00. The molecule has 94 valence electrons. The molecule has 0 aliphatic heterocycles. The minimum absolute atomic E-state index is 0.0447. The number of benzene rings is 1. The lowest BCUT2D eigenvalue weighted by molar-refractivity contribution is -0.138. The van der Waals surface area contributed by atoms with Crippen LogP contribution in [0.5, 0.6) is 5.75 Å². The normalized spacial score (nSPS) is 11.5. The Morgan fingerprint density at radius 2 is 2.00 bits per heavy atom. The molecule has 0 saturated carbocycles. The first kappa shape index (κ1) is 13.9. The Kier molecular flexibility index (Phi) is 4.09. The van der Waals surface area contributed by atoms with Crippen molar-refractivity contribution in [2.75, 3.05) is 6.26 Å². The number of phenolic OH excluding ortho intramolecular Hbond substituents is 1. The van der Waals surface area contributed by atoms with Gasteiger partial charge in [0.05, 0.1) is 6.42 Å². The molecule has 0 aliphatic carbocycles. The van der Waals surface area contributed by atoms with Crippen molar-refractivity contribution in [1.82, 2.24) is 0 Å². The van der Waals surface area contributed by atoms with Crippen LogP contribution in [-0.2, 0) is 10.2 Å². The first-order valence-corrected chi connectivity index (χ1v) is 6.60. The standard InChI is InChI=1S/C13H18O3S/c1-8-5-11(17-4)9(6-10(8)14)13(2,3)7-12(15)16/h5-6,14H,7H2,1-4H3,(H,15,16). The fourth-order valence-corrected chi connectivity index (χ4v) is 2.69. The molecule has 1 aromatic rings. The van der Waals surface area contributed by atoms with Gasteiger partial charge in [0.15, 0.2) is 0 Å². The summed E-state index contributed by atoms with van der Waals surface area (Å²) in [7, 11) is 0. The zero-order valence-corrected chi connectivity index (χ0v) is 11.4. The topological polar surface area (TPSA) is 57.5 Å². The number of carbonyl (C=O) groups is 1. The highest BCUT2D eigenvalue weighted by atomic mass is 32.2. The molecule has 0 aromatic heterocycles. The van der Waals surface area contributed by atoms with Crippen molar-refractivity contribution in [1.29, 1.82) is 0 Å². The summed E-state index contributed by atoms with van der Waals surface area (Å²) in [4.78, 5) is 11.9. The molecule has 0 spiro atoms. The monoisotopic (exact) mass is 254 g/mol. The zero-order chi connectivity index (χ0) is 13.2. The third-order valence-electron chi connectivity index (χ3n) is 2.84. The third kappa shape index (κ3) is 3.16. The van der Waals surface area contributed by atoms with E-state index in [0.717, 1.165) is 16.0 Å². The van der Waals surface area contributed by atoms with Crippen LogP contribution in [0.4, 0.5) is 0 Å². The molecule has 0 atom stereocenters. The van der Waals surface area contributed by atoms with E-state index in [9.17, 15) is 9.90 Å². The van der Waals surface area contributed by atoms with Crippen molar-refractivity contribution in [3.8, 4) is 5.75 Å². The predicted molar refractivity (Wildman–Crippen MR) is 69.9 cm³/mol. The Labute approximate surface area is 106 Å². The van der Waals surface area contributed by atoms with Crippen LogP contribution in [0, 0.1) is 6.92 Å². The van der Waals surface area contributed by atoms with Crippen molar-refractivity contribution >= 4 is 17.7 Å². The summed E-state index contributed by atoms with van der Waals surface area (Å²) in [6, 6.07) is 3.59. The molecule has 3 nitrogen and oxygen atoms in total. The van der Waals surface area contributed by atoms with Gasteiger partial charge < -0.3 is 10.2 Å². The molecule has 4 heteroatoms. The van der Waals surface area contributed by atoms with E-state index < -0.39 is 11.4 Å². The van der Waals surface area contributed by atoms with E-state index in [1.165, 1.54) is 0 Å². The van der Waals surface area contributed by atoms with E-state index in [4.69, 9.17) is 5.11 Å². The number of carboxylic acid groups (broad SMARTS) is 1. The summed E-state index contributed by atoms with van der Waals surface area (Å²) < 4.78 is 0. The Morgan fingerprint density at radius 3 is 2.47 bits per heavy atom. The molecule has 0 heterocycles. The van der Waals surface area contributed by atoms with Gasteiger partial charge in [0.2, 0.25) is 0 Å². The lowest BCUT2D eigenvalue weighted by Gasteiger charge is -2.26. The first-order chi connectivity index (χ1) is 7.77. The second-order valence-electron chi connectivity index (χ2n) is 4.79. The number of hydrogen-bond donors (Lipinski definition) is 2. The van der Waals surface area contributed by atoms with Crippen molar-refractivity contribution in [2.24, 2.45) is 0 Å². The molecule has 1 rings (SSSR count). The SMILES string of the molecule is CSc1cc(C)c(O)cc1C(C)(C)CC(=O)O. The highest BCUT2D eigenvalue weighted by molar-refractivity contribution is 7.98. The number of carboxylic acids is 1. The summed E-state index contributed by atoms with van der Waals surface area (Å²) in [5, 5.41) is 18.7. The van der Waals surface area contributed by atoms with Crippen LogP contribution in [0.25, 0.3) is 0 Å². The average molecular weight is 254 g/mol. The van der Waals surface area contributed by atoms with E-state index in [1.807, 2.05) is 33.1 Å². The number of phenols is 1. The fourth-order valence-electron chi connectivity index (χ4n) is 1.84. The molecule has 17 heavy (non-hydrogen) atoms. The van der Waals surface area contributed by atoms with Crippen molar-refractivity contribution < 1.29 is 15.0 Å². The number of hydrogen-bond acceptors (Lipinski definition) is 3. The van der Waals surface area contributed by atoms with Gasteiger partial charge in [-0.05, 0) is 36.4 Å². The van der Waals surface area contributed by atoms with Gasteiger partial charge in [-0.25, -0.2) is 0 Å².